The van der Waals surface area contributed by atoms with Gasteiger partial charge in [0.1, 0.15) is 6.04 Å². The van der Waals surface area contributed by atoms with E-state index in [2.05, 4.69) is 16.0 Å². The van der Waals surface area contributed by atoms with Crippen molar-refractivity contribution in [1.29, 1.82) is 0 Å². The average Bonchev–Trinajstić information content (AvgIpc) is 3.50. The molecule has 0 saturated heterocycles. The standard InChI is InChI=1S/C24H23N3O3S/c28-22(18-11-12-18)26-19-9-4-6-16(14-19)15-25-24(30)21(17-7-2-1-3-8-17)27-23(29)20-10-5-13-31-20/h1-10,13-14,18,21H,11-12,15H2,(H,25,30)(H,26,28)(H,27,29). The molecule has 1 aromatic heterocycles. The lowest BCUT2D eigenvalue weighted by molar-refractivity contribution is -0.123. The number of benzene rings is 2. The number of rotatable bonds is 8. The van der Waals surface area contributed by atoms with Crippen molar-refractivity contribution < 1.29 is 14.4 Å². The Hall–Kier alpha value is -3.45. The Balaban J connectivity index is 1.42. The zero-order valence-electron chi connectivity index (χ0n) is 16.8. The van der Waals surface area contributed by atoms with Crippen molar-refractivity contribution in [1.82, 2.24) is 10.6 Å². The highest BCUT2D eigenvalue weighted by atomic mass is 32.1. The van der Waals surface area contributed by atoms with E-state index < -0.39 is 6.04 Å². The lowest BCUT2D eigenvalue weighted by Crippen LogP contribution is -2.40. The summed E-state index contributed by atoms with van der Waals surface area (Å²) in [6.07, 6.45) is 1.89. The summed E-state index contributed by atoms with van der Waals surface area (Å²) in [5.74, 6) is -0.420. The Labute approximate surface area is 184 Å². The number of anilines is 1. The highest BCUT2D eigenvalue weighted by Gasteiger charge is 2.29. The van der Waals surface area contributed by atoms with Gasteiger partial charge in [-0.05, 0) is 47.5 Å². The molecule has 6 nitrogen and oxygen atoms in total. The lowest BCUT2D eigenvalue weighted by Gasteiger charge is -2.19. The van der Waals surface area contributed by atoms with Crippen LogP contribution >= 0.6 is 11.3 Å². The van der Waals surface area contributed by atoms with Crippen LogP contribution in [-0.2, 0) is 16.1 Å². The van der Waals surface area contributed by atoms with Gasteiger partial charge in [-0.25, -0.2) is 0 Å². The van der Waals surface area contributed by atoms with Crippen molar-refractivity contribution in [3.8, 4) is 0 Å². The topological polar surface area (TPSA) is 87.3 Å². The maximum Gasteiger partial charge on any atom is 0.262 e. The van der Waals surface area contributed by atoms with Crippen molar-refractivity contribution in [2.75, 3.05) is 5.32 Å². The quantitative estimate of drug-likeness (QED) is 0.504. The largest absolute Gasteiger partial charge is 0.350 e. The summed E-state index contributed by atoms with van der Waals surface area (Å²) in [5.41, 5.74) is 2.28. The number of nitrogens with one attached hydrogen (secondary N) is 3. The molecule has 158 valence electrons. The molecule has 7 heteroatoms. The molecule has 0 aliphatic heterocycles. The zero-order chi connectivity index (χ0) is 21.6. The van der Waals surface area contributed by atoms with Gasteiger partial charge < -0.3 is 16.0 Å². The van der Waals surface area contributed by atoms with Crippen LogP contribution in [-0.4, -0.2) is 17.7 Å². The van der Waals surface area contributed by atoms with Crippen LogP contribution in [0.3, 0.4) is 0 Å². The summed E-state index contributed by atoms with van der Waals surface area (Å²) >= 11 is 1.32. The lowest BCUT2D eigenvalue weighted by atomic mass is 10.1. The summed E-state index contributed by atoms with van der Waals surface area (Å²) in [7, 11) is 0. The maximum absolute atomic E-state index is 13.0. The molecule has 3 aromatic rings. The monoisotopic (exact) mass is 433 g/mol. The summed E-state index contributed by atoms with van der Waals surface area (Å²) in [6, 6.07) is 19.3. The van der Waals surface area contributed by atoms with E-state index in [9.17, 15) is 14.4 Å². The molecule has 3 N–H and O–H groups in total. The molecular formula is C24H23N3O3S. The number of amides is 3. The van der Waals surface area contributed by atoms with Gasteiger partial charge >= 0.3 is 0 Å². The minimum atomic E-state index is -0.812. The normalized spacial score (nSPS) is 13.8. The average molecular weight is 434 g/mol. The molecule has 31 heavy (non-hydrogen) atoms. The molecule has 1 fully saturated rings. The van der Waals surface area contributed by atoms with E-state index in [0.717, 1.165) is 18.4 Å². The summed E-state index contributed by atoms with van der Waals surface area (Å²) in [5, 5.41) is 10.5. The van der Waals surface area contributed by atoms with Crippen LogP contribution in [0, 0.1) is 5.92 Å². The van der Waals surface area contributed by atoms with E-state index in [4.69, 9.17) is 0 Å². The van der Waals surface area contributed by atoms with Crippen molar-refractivity contribution in [3.05, 3.63) is 88.1 Å². The molecule has 1 saturated carbocycles. The first kappa shape index (κ1) is 20.8. The second kappa shape index (κ2) is 9.57. The number of thiophene rings is 1. The van der Waals surface area contributed by atoms with Gasteiger partial charge in [0.25, 0.3) is 5.91 Å². The Kier molecular flexibility index (Phi) is 6.43. The van der Waals surface area contributed by atoms with Gasteiger partial charge in [0.05, 0.1) is 4.88 Å². The highest BCUT2D eigenvalue weighted by molar-refractivity contribution is 7.12. The Morgan fingerprint density at radius 2 is 1.77 bits per heavy atom. The van der Waals surface area contributed by atoms with Gasteiger partial charge in [-0.2, -0.15) is 0 Å². The second-order valence-electron chi connectivity index (χ2n) is 7.48. The molecule has 1 unspecified atom stereocenters. The summed E-state index contributed by atoms with van der Waals surface area (Å²) in [4.78, 5) is 38.1. The molecule has 0 spiro atoms. The molecule has 3 amide bonds. The third-order valence-electron chi connectivity index (χ3n) is 5.02. The number of hydrogen-bond acceptors (Lipinski definition) is 4. The van der Waals surface area contributed by atoms with Crippen LogP contribution in [0.4, 0.5) is 5.69 Å². The fourth-order valence-electron chi connectivity index (χ4n) is 3.20. The van der Waals surface area contributed by atoms with Crippen LogP contribution < -0.4 is 16.0 Å². The highest BCUT2D eigenvalue weighted by Crippen LogP contribution is 2.30. The predicted molar refractivity (Wildman–Crippen MR) is 121 cm³/mol. The SMILES string of the molecule is O=C(NC(C(=O)NCc1cccc(NC(=O)C2CC2)c1)c1ccccc1)c1cccs1. The third-order valence-corrected chi connectivity index (χ3v) is 5.89. The zero-order valence-corrected chi connectivity index (χ0v) is 17.7. The van der Waals surface area contributed by atoms with Crippen LogP contribution in [0.1, 0.15) is 39.7 Å². The van der Waals surface area contributed by atoms with Crippen molar-refractivity contribution in [3.63, 3.8) is 0 Å². The Morgan fingerprint density at radius 1 is 0.968 bits per heavy atom. The molecule has 1 aliphatic rings. The molecular weight excluding hydrogens is 410 g/mol. The van der Waals surface area contributed by atoms with E-state index in [0.29, 0.717) is 16.1 Å². The van der Waals surface area contributed by atoms with Gasteiger partial charge in [0.2, 0.25) is 11.8 Å². The minimum Gasteiger partial charge on any atom is -0.350 e. The Morgan fingerprint density at radius 3 is 2.48 bits per heavy atom. The second-order valence-corrected chi connectivity index (χ2v) is 8.42. The maximum atomic E-state index is 13.0. The summed E-state index contributed by atoms with van der Waals surface area (Å²) in [6.45, 7) is 0.282. The van der Waals surface area contributed by atoms with Crippen LogP contribution in [0.25, 0.3) is 0 Å². The first-order chi connectivity index (χ1) is 15.1. The summed E-state index contributed by atoms with van der Waals surface area (Å²) < 4.78 is 0. The molecule has 1 atom stereocenters. The first-order valence-corrected chi connectivity index (χ1v) is 11.0. The fraction of sp³-hybridized carbons (Fsp3) is 0.208. The van der Waals surface area contributed by atoms with Gasteiger partial charge in [-0.3, -0.25) is 14.4 Å². The van der Waals surface area contributed by atoms with E-state index in [1.807, 2.05) is 60.0 Å². The van der Waals surface area contributed by atoms with E-state index >= 15 is 0 Å². The van der Waals surface area contributed by atoms with Gasteiger partial charge in [-0.1, -0.05) is 48.5 Å². The third kappa shape index (κ3) is 5.58. The fourth-order valence-corrected chi connectivity index (χ4v) is 3.82. The number of carbonyl (C=O) groups excluding carboxylic acids is 3. The molecule has 1 heterocycles. The van der Waals surface area contributed by atoms with E-state index in [1.165, 1.54) is 11.3 Å². The van der Waals surface area contributed by atoms with Crippen molar-refractivity contribution >= 4 is 34.7 Å². The van der Waals surface area contributed by atoms with Gasteiger partial charge in [0.15, 0.2) is 0 Å². The van der Waals surface area contributed by atoms with Crippen LogP contribution in [0.2, 0.25) is 0 Å². The van der Waals surface area contributed by atoms with Crippen molar-refractivity contribution in [2.24, 2.45) is 5.92 Å². The molecule has 4 rings (SSSR count). The predicted octanol–water partition coefficient (Wildman–Crippen LogP) is 3.88. The molecule has 1 aliphatic carbocycles. The van der Waals surface area contributed by atoms with Gasteiger partial charge in [-0.15, -0.1) is 11.3 Å². The first-order valence-electron chi connectivity index (χ1n) is 10.2. The van der Waals surface area contributed by atoms with E-state index in [1.54, 1.807) is 12.1 Å². The van der Waals surface area contributed by atoms with Crippen LogP contribution in [0.15, 0.2) is 72.1 Å². The van der Waals surface area contributed by atoms with Crippen LogP contribution in [0.5, 0.6) is 0 Å². The molecule has 0 bridgehead atoms. The number of hydrogen-bond donors (Lipinski definition) is 3. The number of carbonyl (C=O) groups is 3. The Bertz CT molecular complexity index is 1060. The van der Waals surface area contributed by atoms with Crippen molar-refractivity contribution in [2.45, 2.75) is 25.4 Å². The van der Waals surface area contributed by atoms with Gasteiger partial charge in [0, 0.05) is 18.2 Å². The molecule has 2 aromatic carbocycles. The van der Waals surface area contributed by atoms with E-state index in [-0.39, 0.29) is 30.2 Å². The molecule has 0 radical (unpaired) electrons. The smallest absolute Gasteiger partial charge is 0.262 e. The minimum absolute atomic E-state index is 0.0432.